The number of carbonyl (C=O) groups is 1. The Kier molecular flexibility index (Phi) is 5.75. The van der Waals surface area contributed by atoms with Crippen LogP contribution in [-0.4, -0.2) is 18.5 Å². The first-order chi connectivity index (χ1) is 7.99. The van der Waals surface area contributed by atoms with Crippen molar-refractivity contribution in [2.45, 2.75) is 25.8 Å². The molecule has 0 bridgehead atoms. The summed E-state index contributed by atoms with van der Waals surface area (Å²) in [4.78, 5) is 11.6. The molecule has 5 heteroatoms. The Labute approximate surface area is 111 Å². The molecular weight excluding hydrogens is 259 g/mol. The Morgan fingerprint density at radius 1 is 1.41 bits per heavy atom. The van der Waals surface area contributed by atoms with E-state index in [0.717, 1.165) is 12.0 Å². The summed E-state index contributed by atoms with van der Waals surface area (Å²) in [6.45, 7) is 2.50. The summed E-state index contributed by atoms with van der Waals surface area (Å²) in [6, 6.07) is 5.28. The molecule has 0 fully saturated rings. The van der Waals surface area contributed by atoms with Crippen LogP contribution < -0.4 is 11.1 Å². The van der Waals surface area contributed by atoms with E-state index >= 15 is 0 Å². The lowest BCUT2D eigenvalue weighted by molar-refractivity contribution is -0.120. The van der Waals surface area contributed by atoms with Crippen molar-refractivity contribution in [2.24, 2.45) is 5.73 Å². The van der Waals surface area contributed by atoms with Gasteiger partial charge in [-0.1, -0.05) is 29.3 Å². The fraction of sp³-hybridized carbons (Fsp3) is 0.417. The third-order valence-corrected chi connectivity index (χ3v) is 3.01. The minimum absolute atomic E-state index is 0.0379. The third-order valence-electron chi connectivity index (χ3n) is 2.27. The van der Waals surface area contributed by atoms with E-state index in [1.54, 1.807) is 18.2 Å². The van der Waals surface area contributed by atoms with Crippen LogP contribution in [0.3, 0.4) is 0 Å². The van der Waals surface area contributed by atoms with Gasteiger partial charge in [-0.2, -0.15) is 0 Å². The highest BCUT2D eigenvalue weighted by Gasteiger charge is 2.05. The lowest BCUT2D eigenvalue weighted by atomic mass is 10.1. The molecule has 0 aliphatic carbocycles. The molecule has 1 atom stereocenters. The number of amides is 1. The van der Waals surface area contributed by atoms with Gasteiger partial charge >= 0.3 is 0 Å². The minimum Gasteiger partial charge on any atom is -0.356 e. The smallest absolute Gasteiger partial charge is 0.224 e. The van der Waals surface area contributed by atoms with E-state index in [2.05, 4.69) is 5.32 Å². The van der Waals surface area contributed by atoms with Gasteiger partial charge in [0.25, 0.3) is 0 Å². The number of hydrogen-bond donors (Lipinski definition) is 2. The molecule has 1 unspecified atom stereocenters. The van der Waals surface area contributed by atoms with Gasteiger partial charge in [-0.25, -0.2) is 0 Å². The van der Waals surface area contributed by atoms with E-state index in [1.807, 2.05) is 6.92 Å². The number of hydrogen-bond acceptors (Lipinski definition) is 2. The molecule has 0 saturated carbocycles. The lowest BCUT2D eigenvalue weighted by Gasteiger charge is -2.07. The van der Waals surface area contributed by atoms with Gasteiger partial charge in [-0.05, 0) is 31.0 Å². The molecule has 1 rings (SSSR count). The highest BCUT2D eigenvalue weighted by molar-refractivity contribution is 6.42. The Morgan fingerprint density at radius 2 is 2.12 bits per heavy atom. The van der Waals surface area contributed by atoms with Crippen molar-refractivity contribution in [2.75, 3.05) is 6.54 Å². The monoisotopic (exact) mass is 274 g/mol. The van der Waals surface area contributed by atoms with Crippen molar-refractivity contribution in [3.8, 4) is 0 Å². The van der Waals surface area contributed by atoms with E-state index in [0.29, 0.717) is 23.0 Å². The fourth-order valence-electron chi connectivity index (χ4n) is 1.34. The van der Waals surface area contributed by atoms with Crippen LogP contribution in [0.25, 0.3) is 0 Å². The maximum atomic E-state index is 11.6. The number of nitrogens with one attached hydrogen (secondary N) is 1. The summed E-state index contributed by atoms with van der Waals surface area (Å²) in [7, 11) is 0. The summed E-state index contributed by atoms with van der Waals surface area (Å²) >= 11 is 11.7. The number of benzene rings is 1. The minimum atomic E-state index is -0.0379. The summed E-state index contributed by atoms with van der Waals surface area (Å²) in [5, 5.41) is 3.76. The predicted molar refractivity (Wildman–Crippen MR) is 71.4 cm³/mol. The van der Waals surface area contributed by atoms with Gasteiger partial charge in [0.1, 0.15) is 0 Å². The molecule has 0 aliphatic rings. The fourth-order valence-corrected chi connectivity index (χ4v) is 1.66. The molecule has 0 aliphatic heterocycles. The molecule has 0 spiro atoms. The summed E-state index contributed by atoms with van der Waals surface area (Å²) in [5.41, 5.74) is 6.43. The first-order valence-corrected chi connectivity index (χ1v) is 6.21. The number of rotatable bonds is 5. The van der Waals surface area contributed by atoms with Crippen LogP contribution in [0.1, 0.15) is 18.9 Å². The molecule has 1 amide bonds. The molecule has 3 nitrogen and oxygen atoms in total. The van der Waals surface area contributed by atoms with Crippen LogP contribution in [0.2, 0.25) is 10.0 Å². The zero-order valence-corrected chi connectivity index (χ0v) is 11.2. The first kappa shape index (κ1) is 14.3. The normalized spacial score (nSPS) is 12.2. The molecule has 1 aromatic carbocycles. The summed E-state index contributed by atoms with van der Waals surface area (Å²) in [5.74, 6) is -0.0379. The quantitative estimate of drug-likeness (QED) is 0.866. The van der Waals surface area contributed by atoms with Crippen molar-refractivity contribution in [1.29, 1.82) is 0 Å². The van der Waals surface area contributed by atoms with Gasteiger partial charge in [-0.15, -0.1) is 0 Å². The van der Waals surface area contributed by atoms with Crippen molar-refractivity contribution < 1.29 is 4.79 Å². The highest BCUT2D eigenvalue weighted by atomic mass is 35.5. The molecule has 0 radical (unpaired) electrons. The van der Waals surface area contributed by atoms with Gasteiger partial charge in [-0.3, -0.25) is 4.79 Å². The van der Waals surface area contributed by atoms with E-state index in [9.17, 15) is 4.79 Å². The van der Waals surface area contributed by atoms with Crippen molar-refractivity contribution in [3.63, 3.8) is 0 Å². The average molecular weight is 275 g/mol. The Hall–Kier alpha value is -0.770. The maximum Gasteiger partial charge on any atom is 0.224 e. The summed E-state index contributed by atoms with van der Waals surface area (Å²) < 4.78 is 0. The SMILES string of the molecule is CC(N)CCNC(=O)Cc1ccc(Cl)c(Cl)c1. The standard InChI is InChI=1S/C12H16Cl2N2O/c1-8(15)4-5-16-12(17)7-9-2-3-10(13)11(14)6-9/h2-3,6,8H,4-5,7,15H2,1H3,(H,16,17). The number of carbonyl (C=O) groups excluding carboxylic acids is 1. The molecular formula is C12H16Cl2N2O. The molecule has 0 saturated heterocycles. The van der Waals surface area contributed by atoms with Gasteiger partial charge < -0.3 is 11.1 Å². The molecule has 3 N–H and O–H groups in total. The van der Waals surface area contributed by atoms with Crippen molar-refractivity contribution in [3.05, 3.63) is 33.8 Å². The Morgan fingerprint density at radius 3 is 2.71 bits per heavy atom. The second-order valence-corrected chi connectivity index (χ2v) is 4.86. The zero-order valence-electron chi connectivity index (χ0n) is 9.67. The van der Waals surface area contributed by atoms with Crippen molar-refractivity contribution in [1.82, 2.24) is 5.32 Å². The summed E-state index contributed by atoms with van der Waals surface area (Å²) in [6.07, 6.45) is 1.07. The van der Waals surface area contributed by atoms with Gasteiger partial charge in [0.05, 0.1) is 16.5 Å². The van der Waals surface area contributed by atoms with Gasteiger partial charge in [0.15, 0.2) is 0 Å². The second kappa shape index (κ2) is 6.84. The molecule has 0 aromatic heterocycles. The first-order valence-electron chi connectivity index (χ1n) is 5.45. The van der Waals surface area contributed by atoms with Crippen LogP contribution in [0.5, 0.6) is 0 Å². The molecule has 1 aromatic rings. The third kappa shape index (κ3) is 5.39. The number of nitrogens with two attached hydrogens (primary N) is 1. The van der Waals surface area contributed by atoms with E-state index < -0.39 is 0 Å². The topological polar surface area (TPSA) is 55.1 Å². The maximum absolute atomic E-state index is 11.6. The number of halogens is 2. The molecule has 0 heterocycles. The van der Waals surface area contributed by atoms with E-state index in [1.165, 1.54) is 0 Å². The largest absolute Gasteiger partial charge is 0.356 e. The van der Waals surface area contributed by atoms with E-state index in [-0.39, 0.29) is 11.9 Å². The average Bonchev–Trinajstić information content (AvgIpc) is 2.23. The Bertz CT molecular complexity index is 394. The van der Waals surface area contributed by atoms with Crippen LogP contribution in [0.15, 0.2) is 18.2 Å². The molecule has 94 valence electrons. The predicted octanol–water partition coefficient (Wildman–Crippen LogP) is 2.39. The van der Waals surface area contributed by atoms with Crippen LogP contribution in [0, 0.1) is 0 Å². The Balaban J connectivity index is 2.42. The van der Waals surface area contributed by atoms with E-state index in [4.69, 9.17) is 28.9 Å². The highest BCUT2D eigenvalue weighted by Crippen LogP contribution is 2.22. The second-order valence-electron chi connectivity index (χ2n) is 4.04. The zero-order chi connectivity index (χ0) is 12.8. The van der Waals surface area contributed by atoms with Crippen molar-refractivity contribution >= 4 is 29.1 Å². The van der Waals surface area contributed by atoms with Crippen LogP contribution in [0.4, 0.5) is 0 Å². The molecule has 17 heavy (non-hydrogen) atoms. The van der Waals surface area contributed by atoms with Crippen LogP contribution in [-0.2, 0) is 11.2 Å². The van der Waals surface area contributed by atoms with Gasteiger partial charge in [0, 0.05) is 12.6 Å². The lowest BCUT2D eigenvalue weighted by Crippen LogP contribution is -2.29. The van der Waals surface area contributed by atoms with Crippen LogP contribution >= 0.6 is 23.2 Å². The van der Waals surface area contributed by atoms with Gasteiger partial charge in [0.2, 0.25) is 5.91 Å².